The fourth-order valence-corrected chi connectivity index (χ4v) is 3.12. The van der Waals surface area contributed by atoms with Crippen molar-refractivity contribution in [3.8, 4) is 0 Å². The molecule has 0 bridgehead atoms. The molecule has 1 saturated carbocycles. The van der Waals surface area contributed by atoms with Gasteiger partial charge in [0.05, 0.1) is 10.6 Å². The van der Waals surface area contributed by atoms with Gasteiger partial charge in [0.2, 0.25) is 0 Å². The Balaban J connectivity index is 2.33. The van der Waals surface area contributed by atoms with Gasteiger partial charge in [0.25, 0.3) is 0 Å². The van der Waals surface area contributed by atoms with Crippen molar-refractivity contribution in [2.45, 2.75) is 32.6 Å². The van der Waals surface area contributed by atoms with Gasteiger partial charge in [-0.05, 0) is 26.7 Å². The highest BCUT2D eigenvalue weighted by atomic mass is 32.1. The maximum Gasteiger partial charge on any atom is 0.186 e. The highest BCUT2D eigenvalue weighted by molar-refractivity contribution is 7.81. The van der Waals surface area contributed by atoms with Crippen molar-refractivity contribution >= 4 is 33.7 Å². The van der Waals surface area contributed by atoms with Crippen LogP contribution in [-0.2, 0) is 0 Å². The topological polar surface area (TPSA) is 42.2 Å². The number of hydrogen-bond donors (Lipinski definition) is 1. The summed E-state index contributed by atoms with van der Waals surface area (Å²) in [6, 6.07) is 0. The van der Waals surface area contributed by atoms with Gasteiger partial charge in [0.15, 0.2) is 5.13 Å². The molecule has 1 aromatic rings. The maximum absolute atomic E-state index is 5.76. The maximum atomic E-state index is 5.76. The van der Waals surface area contributed by atoms with Crippen LogP contribution in [0.15, 0.2) is 0 Å². The number of rotatable bonds is 5. The smallest absolute Gasteiger partial charge is 0.186 e. The van der Waals surface area contributed by atoms with Crippen molar-refractivity contribution < 1.29 is 0 Å². The van der Waals surface area contributed by atoms with Crippen LogP contribution in [-0.4, -0.2) is 23.1 Å². The molecule has 0 unspecified atom stereocenters. The fraction of sp³-hybridized carbons (Fsp3) is 0.636. The van der Waals surface area contributed by atoms with E-state index in [1.54, 1.807) is 11.3 Å². The van der Waals surface area contributed by atoms with Gasteiger partial charge in [-0.2, -0.15) is 0 Å². The molecule has 16 heavy (non-hydrogen) atoms. The Hall–Kier alpha value is -0.680. The molecule has 0 amide bonds. The molecule has 1 aliphatic rings. The first kappa shape index (κ1) is 11.8. The largest absolute Gasteiger partial charge is 0.389 e. The van der Waals surface area contributed by atoms with E-state index in [2.05, 4.69) is 18.7 Å². The average molecular weight is 255 g/mol. The predicted octanol–water partition coefficient (Wildman–Crippen LogP) is 2.50. The molecule has 0 spiro atoms. The number of thiazole rings is 1. The van der Waals surface area contributed by atoms with Gasteiger partial charge in [0.1, 0.15) is 4.99 Å². The van der Waals surface area contributed by atoms with Crippen LogP contribution in [0.3, 0.4) is 0 Å². The van der Waals surface area contributed by atoms with Crippen molar-refractivity contribution in [2.75, 3.05) is 18.0 Å². The Morgan fingerprint density at radius 3 is 2.56 bits per heavy atom. The third-order valence-corrected chi connectivity index (χ3v) is 4.36. The van der Waals surface area contributed by atoms with Crippen LogP contribution in [0.25, 0.3) is 0 Å². The first-order chi connectivity index (χ1) is 7.67. The van der Waals surface area contributed by atoms with E-state index in [0.29, 0.717) is 10.9 Å². The third kappa shape index (κ3) is 2.20. The van der Waals surface area contributed by atoms with Gasteiger partial charge >= 0.3 is 0 Å². The van der Waals surface area contributed by atoms with Gasteiger partial charge in [0, 0.05) is 19.0 Å². The van der Waals surface area contributed by atoms with Crippen LogP contribution >= 0.6 is 23.6 Å². The lowest BCUT2D eigenvalue weighted by Gasteiger charge is -2.16. The van der Waals surface area contributed by atoms with E-state index in [9.17, 15) is 0 Å². The quantitative estimate of drug-likeness (QED) is 0.821. The standard InChI is InChI=1S/C11H17N3S2/c1-3-14(4-2)11-13-8(7-5-6-7)9(16-11)10(12)15/h7H,3-6H2,1-2H3,(H2,12,15). The minimum atomic E-state index is 0.498. The summed E-state index contributed by atoms with van der Waals surface area (Å²) >= 11 is 6.74. The molecule has 1 fully saturated rings. The Bertz CT molecular complexity index is 392. The minimum Gasteiger partial charge on any atom is -0.389 e. The Kier molecular flexibility index (Phi) is 3.44. The van der Waals surface area contributed by atoms with Crippen LogP contribution < -0.4 is 10.6 Å². The molecule has 1 heterocycles. The molecule has 0 aromatic carbocycles. The van der Waals surface area contributed by atoms with Crippen molar-refractivity contribution in [1.29, 1.82) is 0 Å². The Morgan fingerprint density at radius 2 is 2.12 bits per heavy atom. The normalized spacial score (nSPS) is 15.1. The lowest BCUT2D eigenvalue weighted by atomic mass is 10.2. The molecular formula is C11H17N3S2. The van der Waals surface area contributed by atoms with Crippen LogP contribution in [0, 0.1) is 0 Å². The van der Waals surface area contributed by atoms with Crippen molar-refractivity contribution in [2.24, 2.45) is 5.73 Å². The molecule has 5 heteroatoms. The highest BCUT2D eigenvalue weighted by Crippen LogP contribution is 2.44. The molecule has 0 aliphatic heterocycles. The molecule has 2 rings (SSSR count). The molecule has 3 nitrogen and oxygen atoms in total. The summed E-state index contributed by atoms with van der Waals surface area (Å²) in [5.74, 6) is 0.608. The molecule has 88 valence electrons. The Labute approximate surface area is 106 Å². The number of hydrogen-bond acceptors (Lipinski definition) is 4. The van der Waals surface area contributed by atoms with E-state index in [-0.39, 0.29) is 0 Å². The van der Waals surface area contributed by atoms with Gasteiger partial charge in [-0.25, -0.2) is 4.98 Å². The highest BCUT2D eigenvalue weighted by Gasteiger charge is 2.31. The van der Waals surface area contributed by atoms with E-state index in [1.165, 1.54) is 12.8 Å². The van der Waals surface area contributed by atoms with E-state index >= 15 is 0 Å². The number of nitrogens with two attached hydrogens (primary N) is 1. The minimum absolute atomic E-state index is 0.498. The van der Waals surface area contributed by atoms with Crippen molar-refractivity contribution in [1.82, 2.24) is 4.98 Å². The van der Waals surface area contributed by atoms with E-state index in [4.69, 9.17) is 22.9 Å². The summed E-state index contributed by atoms with van der Waals surface area (Å²) in [4.78, 5) is 8.49. The lowest BCUT2D eigenvalue weighted by molar-refractivity contribution is 0.853. The lowest BCUT2D eigenvalue weighted by Crippen LogP contribution is -2.21. The van der Waals surface area contributed by atoms with Gasteiger partial charge < -0.3 is 10.6 Å². The first-order valence-corrected chi connectivity index (χ1v) is 6.95. The van der Waals surface area contributed by atoms with E-state index in [1.807, 2.05) is 0 Å². The second-order valence-corrected chi connectivity index (χ2v) is 5.44. The van der Waals surface area contributed by atoms with E-state index < -0.39 is 0 Å². The summed E-state index contributed by atoms with van der Waals surface area (Å²) < 4.78 is 0. The molecule has 1 aromatic heterocycles. The Morgan fingerprint density at radius 1 is 1.50 bits per heavy atom. The SMILES string of the molecule is CCN(CC)c1nc(C2CC2)c(C(N)=S)s1. The summed E-state index contributed by atoms with van der Waals surface area (Å²) in [7, 11) is 0. The van der Waals surface area contributed by atoms with Gasteiger partial charge in [-0.15, -0.1) is 0 Å². The zero-order valence-corrected chi connectivity index (χ0v) is 11.3. The molecule has 2 N–H and O–H groups in total. The predicted molar refractivity (Wildman–Crippen MR) is 73.5 cm³/mol. The van der Waals surface area contributed by atoms with Gasteiger partial charge in [-0.1, -0.05) is 23.6 Å². The zero-order chi connectivity index (χ0) is 11.7. The summed E-state index contributed by atoms with van der Waals surface area (Å²) in [6.45, 7) is 6.24. The molecular weight excluding hydrogens is 238 g/mol. The number of thiocarbonyl (C=S) groups is 1. The monoisotopic (exact) mass is 255 g/mol. The third-order valence-electron chi connectivity index (χ3n) is 2.86. The summed E-state index contributed by atoms with van der Waals surface area (Å²) in [5, 5.41) is 1.06. The first-order valence-electron chi connectivity index (χ1n) is 5.72. The number of aromatic nitrogens is 1. The van der Waals surface area contributed by atoms with Crippen LogP contribution in [0.4, 0.5) is 5.13 Å². The number of anilines is 1. The second-order valence-electron chi connectivity index (χ2n) is 4.02. The molecule has 0 radical (unpaired) electrons. The van der Waals surface area contributed by atoms with Gasteiger partial charge in [-0.3, -0.25) is 0 Å². The van der Waals surface area contributed by atoms with Crippen molar-refractivity contribution in [3.63, 3.8) is 0 Å². The average Bonchev–Trinajstić information content (AvgIpc) is 3.01. The fourth-order valence-electron chi connectivity index (χ4n) is 1.76. The van der Waals surface area contributed by atoms with E-state index in [0.717, 1.165) is 28.8 Å². The summed E-state index contributed by atoms with van der Waals surface area (Å²) in [6.07, 6.45) is 2.47. The zero-order valence-electron chi connectivity index (χ0n) is 9.69. The summed E-state index contributed by atoms with van der Waals surface area (Å²) in [5.41, 5.74) is 6.90. The molecule has 0 atom stereocenters. The number of nitrogens with zero attached hydrogens (tertiary/aromatic N) is 2. The van der Waals surface area contributed by atoms with Crippen LogP contribution in [0.1, 0.15) is 43.2 Å². The van der Waals surface area contributed by atoms with Crippen LogP contribution in [0.2, 0.25) is 0 Å². The molecule has 0 saturated heterocycles. The second kappa shape index (κ2) is 4.67. The van der Waals surface area contributed by atoms with Crippen LogP contribution in [0.5, 0.6) is 0 Å². The molecule has 1 aliphatic carbocycles. The van der Waals surface area contributed by atoms with Crippen molar-refractivity contribution in [3.05, 3.63) is 10.6 Å².